The summed E-state index contributed by atoms with van der Waals surface area (Å²) >= 11 is 7.86. The first-order valence-electron chi connectivity index (χ1n) is 9.97. The number of piperazine rings is 1. The third-order valence-corrected chi connectivity index (χ3v) is 7.32. The van der Waals surface area contributed by atoms with E-state index in [4.69, 9.17) is 16.6 Å². The van der Waals surface area contributed by atoms with Gasteiger partial charge in [0, 0.05) is 54.6 Å². The molecule has 4 rings (SSSR count). The van der Waals surface area contributed by atoms with Crippen molar-refractivity contribution < 1.29 is 9.59 Å². The number of aromatic nitrogens is 1. The Kier molecular flexibility index (Phi) is 5.79. The van der Waals surface area contributed by atoms with Crippen molar-refractivity contribution >= 4 is 45.6 Å². The van der Waals surface area contributed by atoms with E-state index in [-0.39, 0.29) is 17.7 Å². The highest BCUT2D eigenvalue weighted by Crippen LogP contribution is 2.35. The lowest BCUT2D eigenvalue weighted by atomic mass is 9.90. The standard InChI is InChI=1S/C21H25ClN4O2S/c1-13-3-5-16(12-17(13)22)23-20(28)15-4-6-18-19(11-15)29-21(24-18)26-9-7-25(8-10-26)14(2)27/h3,5,12,15H,4,6-11H2,1-2H3,(H,23,28)/t15-/m0/s1. The quantitative estimate of drug-likeness (QED) is 0.805. The van der Waals surface area contributed by atoms with Crippen LogP contribution in [-0.2, 0) is 22.4 Å². The van der Waals surface area contributed by atoms with Crippen molar-refractivity contribution in [2.75, 3.05) is 36.4 Å². The summed E-state index contributed by atoms with van der Waals surface area (Å²) in [6, 6.07) is 5.60. The summed E-state index contributed by atoms with van der Waals surface area (Å²) in [6.07, 6.45) is 2.36. The average molecular weight is 433 g/mol. The highest BCUT2D eigenvalue weighted by molar-refractivity contribution is 7.15. The fraction of sp³-hybridized carbons (Fsp3) is 0.476. The van der Waals surface area contributed by atoms with E-state index in [1.165, 1.54) is 4.88 Å². The van der Waals surface area contributed by atoms with E-state index in [1.54, 1.807) is 24.3 Å². The van der Waals surface area contributed by atoms with Gasteiger partial charge in [-0.15, -0.1) is 11.3 Å². The van der Waals surface area contributed by atoms with Gasteiger partial charge < -0.3 is 15.1 Å². The van der Waals surface area contributed by atoms with Crippen molar-refractivity contribution in [3.63, 3.8) is 0 Å². The van der Waals surface area contributed by atoms with Crippen LogP contribution in [0.5, 0.6) is 0 Å². The molecule has 1 aliphatic carbocycles. The van der Waals surface area contributed by atoms with Crippen LogP contribution in [-0.4, -0.2) is 47.9 Å². The zero-order valence-electron chi connectivity index (χ0n) is 16.7. The van der Waals surface area contributed by atoms with Crippen LogP contribution in [0.3, 0.4) is 0 Å². The molecule has 0 radical (unpaired) electrons. The molecule has 2 aromatic rings. The average Bonchev–Trinajstić information content (AvgIpc) is 3.14. The van der Waals surface area contributed by atoms with Crippen molar-refractivity contribution in [3.05, 3.63) is 39.4 Å². The predicted octanol–water partition coefficient (Wildman–Crippen LogP) is 3.52. The van der Waals surface area contributed by atoms with Crippen LogP contribution in [0.2, 0.25) is 5.02 Å². The summed E-state index contributed by atoms with van der Waals surface area (Å²) in [4.78, 5) is 34.5. The fourth-order valence-electron chi connectivity index (χ4n) is 3.85. The number of nitrogens with one attached hydrogen (secondary N) is 1. The van der Waals surface area contributed by atoms with Crippen molar-refractivity contribution in [2.24, 2.45) is 5.92 Å². The Morgan fingerprint density at radius 1 is 1.24 bits per heavy atom. The van der Waals surface area contributed by atoms with Crippen LogP contribution in [0.15, 0.2) is 18.2 Å². The van der Waals surface area contributed by atoms with E-state index in [0.29, 0.717) is 5.02 Å². The SMILES string of the molecule is CC(=O)N1CCN(c2nc3c(s2)C[C@@H](C(=O)Nc2ccc(C)c(Cl)c2)CC3)CC1. The maximum Gasteiger partial charge on any atom is 0.227 e. The Bertz CT molecular complexity index is 937. The summed E-state index contributed by atoms with van der Waals surface area (Å²) in [6.45, 7) is 6.66. The number of nitrogens with zero attached hydrogens (tertiary/aromatic N) is 3. The van der Waals surface area contributed by atoms with Gasteiger partial charge in [0.2, 0.25) is 11.8 Å². The monoisotopic (exact) mass is 432 g/mol. The number of rotatable bonds is 3. The number of benzene rings is 1. The van der Waals surface area contributed by atoms with Gasteiger partial charge in [-0.25, -0.2) is 4.98 Å². The summed E-state index contributed by atoms with van der Waals surface area (Å²) in [5, 5.41) is 4.69. The Hall–Kier alpha value is -2.12. The molecule has 1 N–H and O–H groups in total. The first-order valence-corrected chi connectivity index (χ1v) is 11.2. The van der Waals surface area contributed by atoms with Gasteiger partial charge >= 0.3 is 0 Å². The molecule has 1 atom stereocenters. The molecular formula is C21H25ClN4O2S. The van der Waals surface area contributed by atoms with E-state index in [1.807, 2.05) is 24.0 Å². The molecule has 1 saturated heterocycles. The van der Waals surface area contributed by atoms with Crippen LogP contribution in [0.1, 0.15) is 29.5 Å². The minimum Gasteiger partial charge on any atom is -0.345 e. The number of amides is 2. The van der Waals surface area contributed by atoms with Crippen molar-refractivity contribution in [2.45, 2.75) is 33.1 Å². The first-order chi connectivity index (χ1) is 13.9. The van der Waals surface area contributed by atoms with Crippen LogP contribution in [0.25, 0.3) is 0 Å². The summed E-state index contributed by atoms with van der Waals surface area (Å²) < 4.78 is 0. The van der Waals surface area contributed by atoms with Crippen LogP contribution < -0.4 is 10.2 Å². The molecule has 0 unspecified atom stereocenters. The molecule has 1 aromatic heterocycles. The van der Waals surface area contributed by atoms with Gasteiger partial charge in [0.05, 0.1) is 5.69 Å². The van der Waals surface area contributed by atoms with Crippen LogP contribution >= 0.6 is 22.9 Å². The third-order valence-electron chi connectivity index (χ3n) is 5.73. The molecule has 2 amide bonds. The molecular weight excluding hydrogens is 408 g/mol. The molecule has 29 heavy (non-hydrogen) atoms. The first kappa shape index (κ1) is 20.2. The minimum atomic E-state index is -0.0505. The molecule has 1 fully saturated rings. The highest BCUT2D eigenvalue weighted by atomic mass is 35.5. The number of carbonyl (C=O) groups excluding carboxylic acids is 2. The van der Waals surface area contributed by atoms with Gasteiger partial charge in [0.1, 0.15) is 0 Å². The lowest BCUT2D eigenvalue weighted by molar-refractivity contribution is -0.129. The number of hydrogen-bond acceptors (Lipinski definition) is 5. The molecule has 0 saturated carbocycles. The molecule has 0 bridgehead atoms. The number of thiazole rings is 1. The molecule has 154 valence electrons. The predicted molar refractivity (Wildman–Crippen MR) is 117 cm³/mol. The van der Waals surface area contributed by atoms with E-state index in [9.17, 15) is 9.59 Å². The number of hydrogen-bond donors (Lipinski definition) is 1. The molecule has 2 heterocycles. The summed E-state index contributed by atoms with van der Waals surface area (Å²) in [5.41, 5.74) is 2.86. The number of fused-ring (bicyclic) bond motifs is 1. The van der Waals surface area contributed by atoms with Gasteiger partial charge in [-0.05, 0) is 43.9 Å². The van der Waals surface area contributed by atoms with Crippen molar-refractivity contribution in [1.29, 1.82) is 0 Å². The Morgan fingerprint density at radius 3 is 2.69 bits per heavy atom. The third kappa shape index (κ3) is 4.41. The number of anilines is 2. The topological polar surface area (TPSA) is 65.5 Å². The maximum atomic E-state index is 12.8. The van der Waals surface area contributed by atoms with Gasteiger partial charge in [-0.3, -0.25) is 9.59 Å². The zero-order valence-corrected chi connectivity index (χ0v) is 18.3. The number of carbonyl (C=O) groups is 2. The summed E-state index contributed by atoms with van der Waals surface area (Å²) in [7, 11) is 0. The Morgan fingerprint density at radius 2 is 2.00 bits per heavy atom. The zero-order chi connectivity index (χ0) is 20.5. The lowest BCUT2D eigenvalue weighted by Gasteiger charge is -2.33. The minimum absolute atomic E-state index is 0.0422. The van der Waals surface area contributed by atoms with Crippen molar-refractivity contribution in [3.8, 4) is 0 Å². The van der Waals surface area contributed by atoms with Gasteiger partial charge in [-0.1, -0.05) is 17.7 Å². The molecule has 1 aromatic carbocycles. The van der Waals surface area contributed by atoms with Crippen LogP contribution in [0, 0.1) is 12.8 Å². The lowest BCUT2D eigenvalue weighted by Crippen LogP contribution is -2.48. The Balaban J connectivity index is 1.39. The largest absolute Gasteiger partial charge is 0.345 e. The molecule has 2 aliphatic rings. The molecule has 6 nitrogen and oxygen atoms in total. The molecule has 1 aliphatic heterocycles. The number of halogens is 1. The van der Waals surface area contributed by atoms with E-state index in [0.717, 1.165) is 67.5 Å². The number of aryl methyl sites for hydroxylation is 2. The van der Waals surface area contributed by atoms with Crippen molar-refractivity contribution in [1.82, 2.24) is 9.88 Å². The van der Waals surface area contributed by atoms with E-state index in [2.05, 4.69) is 10.2 Å². The van der Waals surface area contributed by atoms with E-state index >= 15 is 0 Å². The second-order valence-corrected chi connectivity index (χ2v) is 9.22. The van der Waals surface area contributed by atoms with Gasteiger partial charge in [0.15, 0.2) is 5.13 Å². The fourth-order valence-corrected chi connectivity index (χ4v) is 5.27. The van der Waals surface area contributed by atoms with E-state index < -0.39 is 0 Å². The second-order valence-electron chi connectivity index (χ2n) is 7.75. The molecule has 8 heteroatoms. The van der Waals surface area contributed by atoms with Gasteiger partial charge in [0.25, 0.3) is 0 Å². The smallest absolute Gasteiger partial charge is 0.227 e. The van der Waals surface area contributed by atoms with Gasteiger partial charge in [-0.2, -0.15) is 0 Å². The maximum absolute atomic E-state index is 12.8. The molecule has 0 spiro atoms. The summed E-state index contributed by atoms with van der Waals surface area (Å²) in [5.74, 6) is 0.123. The highest BCUT2D eigenvalue weighted by Gasteiger charge is 2.29. The normalized spacial score (nSPS) is 19.1. The Labute approximate surface area is 179 Å². The van der Waals surface area contributed by atoms with Crippen LogP contribution in [0.4, 0.5) is 10.8 Å². The second kappa shape index (κ2) is 8.32.